The number of aromatic amines is 1. The second-order valence-electron chi connectivity index (χ2n) is 4.26. The van der Waals surface area contributed by atoms with Crippen molar-refractivity contribution in [2.75, 3.05) is 0 Å². The molecule has 2 heterocycles. The lowest BCUT2D eigenvalue weighted by Gasteiger charge is -1.93. The van der Waals surface area contributed by atoms with Crippen LogP contribution in [-0.2, 0) is 13.5 Å². The first kappa shape index (κ1) is 11.5. The first-order chi connectivity index (χ1) is 8.67. The van der Waals surface area contributed by atoms with E-state index in [4.69, 9.17) is 0 Å². The van der Waals surface area contributed by atoms with E-state index >= 15 is 0 Å². The van der Waals surface area contributed by atoms with Crippen molar-refractivity contribution in [2.45, 2.75) is 13.3 Å². The summed E-state index contributed by atoms with van der Waals surface area (Å²) in [7, 11) is 1.93. The lowest BCUT2D eigenvalue weighted by Crippen LogP contribution is -1.89. The maximum absolute atomic E-state index is 4.62. The Bertz CT molecular complexity index is 711. The van der Waals surface area contributed by atoms with Gasteiger partial charge >= 0.3 is 0 Å². The van der Waals surface area contributed by atoms with Gasteiger partial charge in [-0.05, 0) is 24.6 Å². The van der Waals surface area contributed by atoms with Crippen molar-refractivity contribution in [1.82, 2.24) is 19.7 Å². The second-order valence-corrected chi connectivity index (χ2v) is 5.18. The molecule has 0 aliphatic carbocycles. The summed E-state index contributed by atoms with van der Waals surface area (Å²) in [6, 6.07) is 6.03. The van der Waals surface area contributed by atoms with Gasteiger partial charge in [0.05, 0.1) is 22.3 Å². The van der Waals surface area contributed by atoms with Gasteiger partial charge in [-0.3, -0.25) is 4.68 Å². The average Bonchev–Trinajstić information content (AvgIpc) is 2.91. The Hall–Kier alpha value is -1.62. The third-order valence-corrected chi connectivity index (χ3v) is 3.43. The summed E-state index contributed by atoms with van der Waals surface area (Å²) in [5.74, 6) is 0.882. The van der Waals surface area contributed by atoms with Gasteiger partial charge < -0.3 is 4.98 Å². The molecule has 0 spiro atoms. The Balaban J connectivity index is 2.18. The molecule has 1 aromatic carbocycles. The van der Waals surface area contributed by atoms with Gasteiger partial charge in [-0.15, -0.1) is 0 Å². The Morgan fingerprint density at radius 2 is 2.22 bits per heavy atom. The normalized spacial score (nSPS) is 11.3. The molecule has 92 valence electrons. The molecule has 0 amide bonds. The molecule has 0 radical (unpaired) electrons. The van der Waals surface area contributed by atoms with Gasteiger partial charge in [-0.1, -0.05) is 22.9 Å². The number of H-pyrrole nitrogens is 1. The van der Waals surface area contributed by atoms with E-state index < -0.39 is 0 Å². The lowest BCUT2D eigenvalue weighted by atomic mass is 10.2. The molecule has 18 heavy (non-hydrogen) atoms. The molecule has 3 rings (SSSR count). The van der Waals surface area contributed by atoms with Crippen LogP contribution >= 0.6 is 15.9 Å². The van der Waals surface area contributed by atoms with E-state index in [0.29, 0.717) is 0 Å². The van der Waals surface area contributed by atoms with Crippen LogP contribution < -0.4 is 0 Å². The predicted octanol–water partition coefficient (Wildman–Crippen LogP) is 3.29. The van der Waals surface area contributed by atoms with Crippen LogP contribution in [0.15, 0.2) is 28.9 Å². The molecule has 2 aromatic heterocycles. The minimum absolute atomic E-state index is 0.882. The number of imidazole rings is 1. The quantitative estimate of drug-likeness (QED) is 0.789. The van der Waals surface area contributed by atoms with Gasteiger partial charge in [0.1, 0.15) is 5.82 Å². The predicted molar refractivity (Wildman–Crippen MR) is 75.4 cm³/mol. The number of rotatable bonds is 2. The number of halogens is 1. The molecule has 0 atom stereocenters. The summed E-state index contributed by atoms with van der Waals surface area (Å²) in [4.78, 5) is 7.96. The molecule has 0 aliphatic heterocycles. The minimum atomic E-state index is 0.882. The van der Waals surface area contributed by atoms with Crippen LogP contribution in [0.2, 0.25) is 0 Å². The van der Waals surface area contributed by atoms with Crippen LogP contribution in [0.1, 0.15) is 12.6 Å². The first-order valence-corrected chi connectivity index (χ1v) is 6.65. The van der Waals surface area contributed by atoms with Gasteiger partial charge in [0, 0.05) is 17.7 Å². The van der Waals surface area contributed by atoms with Crippen molar-refractivity contribution >= 4 is 27.0 Å². The third-order valence-electron chi connectivity index (χ3n) is 2.94. The first-order valence-electron chi connectivity index (χ1n) is 5.85. The van der Waals surface area contributed by atoms with E-state index in [1.165, 1.54) is 0 Å². The number of hydrogen-bond donors (Lipinski definition) is 1. The molecule has 0 saturated heterocycles. The summed E-state index contributed by atoms with van der Waals surface area (Å²) in [5.41, 5.74) is 4.15. The second kappa shape index (κ2) is 4.24. The van der Waals surface area contributed by atoms with E-state index in [1.54, 1.807) is 0 Å². The molecule has 0 aliphatic rings. The number of aromatic nitrogens is 4. The molecule has 3 aromatic rings. The number of aryl methyl sites for hydroxylation is 2. The number of benzene rings is 1. The molecule has 1 N–H and O–H groups in total. The maximum Gasteiger partial charge on any atom is 0.141 e. The highest BCUT2D eigenvalue weighted by Crippen LogP contribution is 2.25. The van der Waals surface area contributed by atoms with E-state index in [0.717, 1.165) is 39.0 Å². The SMILES string of the molecule is CCc1nn(C)cc1-c1nc2ccc(Br)cc2[nH]1. The zero-order valence-electron chi connectivity index (χ0n) is 10.2. The van der Waals surface area contributed by atoms with E-state index in [-0.39, 0.29) is 0 Å². The lowest BCUT2D eigenvalue weighted by molar-refractivity contribution is 0.746. The van der Waals surface area contributed by atoms with Crippen LogP contribution in [-0.4, -0.2) is 19.7 Å². The van der Waals surface area contributed by atoms with Crippen molar-refractivity contribution in [3.8, 4) is 11.4 Å². The Labute approximate surface area is 113 Å². The summed E-state index contributed by atoms with van der Waals surface area (Å²) in [6.45, 7) is 2.10. The van der Waals surface area contributed by atoms with E-state index in [9.17, 15) is 0 Å². The Morgan fingerprint density at radius 1 is 1.39 bits per heavy atom. The van der Waals surface area contributed by atoms with Crippen LogP contribution in [0.4, 0.5) is 0 Å². The Morgan fingerprint density at radius 3 is 3.00 bits per heavy atom. The number of nitrogens with zero attached hydrogens (tertiary/aromatic N) is 3. The third kappa shape index (κ3) is 1.84. The molecular weight excluding hydrogens is 292 g/mol. The summed E-state index contributed by atoms with van der Waals surface area (Å²) in [6.07, 6.45) is 2.91. The van der Waals surface area contributed by atoms with Gasteiger partial charge in [0.15, 0.2) is 0 Å². The number of nitrogens with one attached hydrogen (secondary N) is 1. The summed E-state index contributed by atoms with van der Waals surface area (Å²) >= 11 is 3.47. The van der Waals surface area contributed by atoms with Crippen molar-refractivity contribution in [2.24, 2.45) is 7.05 Å². The molecule has 4 nitrogen and oxygen atoms in total. The molecule has 0 bridgehead atoms. The zero-order valence-corrected chi connectivity index (χ0v) is 11.8. The van der Waals surface area contributed by atoms with Crippen molar-refractivity contribution in [3.05, 3.63) is 34.6 Å². The molecule has 0 fully saturated rings. The standard InChI is InChI=1S/C13H13BrN4/c1-3-10-9(7-18(2)17-10)13-15-11-5-4-8(14)6-12(11)16-13/h4-7H,3H2,1-2H3,(H,15,16). The van der Waals surface area contributed by atoms with Gasteiger partial charge in [0.25, 0.3) is 0 Å². The van der Waals surface area contributed by atoms with Crippen LogP contribution in [0, 0.1) is 0 Å². The van der Waals surface area contributed by atoms with Crippen molar-refractivity contribution < 1.29 is 0 Å². The van der Waals surface area contributed by atoms with Crippen LogP contribution in [0.25, 0.3) is 22.4 Å². The highest BCUT2D eigenvalue weighted by Gasteiger charge is 2.12. The average molecular weight is 305 g/mol. The smallest absolute Gasteiger partial charge is 0.141 e. The monoisotopic (exact) mass is 304 g/mol. The fourth-order valence-corrected chi connectivity index (χ4v) is 2.46. The summed E-state index contributed by atoms with van der Waals surface area (Å²) < 4.78 is 2.88. The van der Waals surface area contributed by atoms with E-state index in [2.05, 4.69) is 37.9 Å². The molecular formula is C13H13BrN4. The largest absolute Gasteiger partial charge is 0.338 e. The van der Waals surface area contributed by atoms with Crippen molar-refractivity contribution in [3.63, 3.8) is 0 Å². The number of hydrogen-bond acceptors (Lipinski definition) is 2. The maximum atomic E-state index is 4.62. The van der Waals surface area contributed by atoms with Crippen molar-refractivity contribution in [1.29, 1.82) is 0 Å². The fourth-order valence-electron chi connectivity index (χ4n) is 2.10. The minimum Gasteiger partial charge on any atom is -0.338 e. The molecule has 0 unspecified atom stereocenters. The highest BCUT2D eigenvalue weighted by atomic mass is 79.9. The van der Waals surface area contributed by atoms with Crippen LogP contribution in [0.3, 0.4) is 0 Å². The van der Waals surface area contributed by atoms with Gasteiger partial charge in [-0.2, -0.15) is 5.10 Å². The topological polar surface area (TPSA) is 46.5 Å². The summed E-state index contributed by atoms with van der Waals surface area (Å²) in [5, 5.41) is 4.44. The zero-order chi connectivity index (χ0) is 12.7. The highest BCUT2D eigenvalue weighted by molar-refractivity contribution is 9.10. The van der Waals surface area contributed by atoms with Gasteiger partial charge in [0.2, 0.25) is 0 Å². The fraction of sp³-hybridized carbons (Fsp3) is 0.231. The number of fused-ring (bicyclic) bond motifs is 1. The molecule has 0 saturated carbocycles. The Kier molecular flexibility index (Phi) is 2.70. The van der Waals surface area contributed by atoms with Crippen LogP contribution in [0.5, 0.6) is 0 Å². The van der Waals surface area contributed by atoms with E-state index in [1.807, 2.05) is 36.1 Å². The van der Waals surface area contributed by atoms with Gasteiger partial charge in [-0.25, -0.2) is 4.98 Å². The molecule has 5 heteroatoms.